The highest BCUT2D eigenvalue weighted by Crippen LogP contribution is 2.40. The van der Waals surface area contributed by atoms with Crippen LogP contribution in [0, 0.1) is 0 Å². The smallest absolute Gasteiger partial charge is 0.223 e. The van der Waals surface area contributed by atoms with E-state index < -0.39 is 8.32 Å². The number of carbonyl (C=O) groups excluding carboxylic acids is 2. The summed E-state index contributed by atoms with van der Waals surface area (Å²) >= 11 is 0. The van der Waals surface area contributed by atoms with Crippen LogP contribution in [0.3, 0.4) is 0 Å². The average Bonchev–Trinajstić information content (AvgIpc) is 3.11. The van der Waals surface area contributed by atoms with Crippen LogP contribution in [0.4, 0.5) is 5.69 Å². The molecule has 0 saturated carbocycles. The number of nitrogens with zero attached hydrogens (tertiary/aromatic N) is 1. The molecule has 0 saturated heterocycles. The second kappa shape index (κ2) is 17.3. The Morgan fingerprint density at radius 2 is 1.61 bits per heavy atom. The Morgan fingerprint density at radius 3 is 2.35 bits per heavy atom. The van der Waals surface area contributed by atoms with E-state index in [1.807, 2.05) is 53.4 Å². The highest BCUT2D eigenvalue weighted by atomic mass is 28.4. The highest BCUT2D eigenvalue weighted by molar-refractivity contribution is 6.74. The van der Waals surface area contributed by atoms with Crippen LogP contribution in [0.2, 0.25) is 18.1 Å². The molecule has 1 aliphatic rings. The summed E-state index contributed by atoms with van der Waals surface area (Å²) in [5.41, 5.74) is 7.71. The quantitative estimate of drug-likeness (QED) is 0.0902. The van der Waals surface area contributed by atoms with Crippen LogP contribution >= 0.6 is 0 Å². The molecule has 270 valence electrons. The van der Waals surface area contributed by atoms with Gasteiger partial charge in [0, 0.05) is 32.1 Å². The van der Waals surface area contributed by atoms with Crippen molar-refractivity contribution in [2.45, 2.75) is 96.8 Å². The van der Waals surface area contributed by atoms with E-state index in [4.69, 9.17) is 9.16 Å². The average molecular weight is 706 g/mol. The molecule has 51 heavy (non-hydrogen) atoms. The first-order valence-electron chi connectivity index (χ1n) is 18.3. The minimum atomic E-state index is -2.15. The third kappa shape index (κ3) is 10.6. The number of carbonyl (C=O) groups is 2. The molecule has 0 radical (unpaired) electrons. The van der Waals surface area contributed by atoms with Gasteiger partial charge in [-0.15, -0.1) is 0 Å². The van der Waals surface area contributed by atoms with Gasteiger partial charge in [0.15, 0.2) is 8.32 Å². The summed E-state index contributed by atoms with van der Waals surface area (Å²) in [6.45, 7) is 16.0. The first kappa shape index (κ1) is 38.0. The second-order valence-corrected chi connectivity index (χ2v) is 20.1. The van der Waals surface area contributed by atoms with Gasteiger partial charge < -0.3 is 24.7 Å². The zero-order chi connectivity index (χ0) is 36.4. The van der Waals surface area contributed by atoms with Crippen molar-refractivity contribution in [2.75, 3.05) is 18.4 Å². The standard InChI is InChI=1S/C43H55N3O4Si/c1-32(25-35-16-12-15-33(26-35)19-22-42(48)46-24-23-36-17-10-11-18-38(36)29-46)44-28-41(50-51(5,6)43(2,3)4)37-20-21-40(39(27-37)45-31-47)49-30-34-13-8-7-9-14-34/h7-18,20-21,26-27,31-32,41,44H,19,22-25,28-30H2,1-6H3,(H,45,47)/t32?,41-/m0/s1. The molecule has 2 amide bonds. The number of hydrogen-bond donors (Lipinski definition) is 2. The predicted octanol–water partition coefficient (Wildman–Crippen LogP) is 8.64. The Hall–Kier alpha value is -4.24. The van der Waals surface area contributed by atoms with Gasteiger partial charge in [-0.1, -0.05) is 106 Å². The molecule has 0 aromatic heterocycles. The molecule has 4 aromatic rings. The molecule has 7 nitrogen and oxygen atoms in total. The maximum Gasteiger partial charge on any atom is 0.223 e. The lowest BCUT2D eigenvalue weighted by molar-refractivity contribution is -0.132. The van der Waals surface area contributed by atoms with E-state index in [1.165, 1.54) is 22.3 Å². The van der Waals surface area contributed by atoms with E-state index in [9.17, 15) is 9.59 Å². The van der Waals surface area contributed by atoms with Crippen LogP contribution in [0.1, 0.15) is 73.6 Å². The molecule has 2 N–H and O–H groups in total. The van der Waals surface area contributed by atoms with Gasteiger partial charge in [0.2, 0.25) is 12.3 Å². The van der Waals surface area contributed by atoms with Gasteiger partial charge in [-0.2, -0.15) is 0 Å². The van der Waals surface area contributed by atoms with Gasteiger partial charge in [-0.3, -0.25) is 9.59 Å². The molecule has 8 heteroatoms. The monoisotopic (exact) mass is 705 g/mol. The Bertz CT molecular complexity index is 1750. The van der Waals surface area contributed by atoms with Crippen LogP contribution < -0.4 is 15.4 Å². The Morgan fingerprint density at radius 1 is 0.902 bits per heavy atom. The van der Waals surface area contributed by atoms with Crippen molar-refractivity contribution in [3.8, 4) is 5.75 Å². The fourth-order valence-corrected chi connectivity index (χ4v) is 7.59. The largest absolute Gasteiger partial charge is 0.487 e. The fourth-order valence-electron chi connectivity index (χ4n) is 6.31. The predicted molar refractivity (Wildman–Crippen MR) is 209 cm³/mol. The third-order valence-corrected chi connectivity index (χ3v) is 14.9. The molecule has 5 rings (SSSR count). The molecule has 1 aliphatic heterocycles. The number of aryl methyl sites for hydroxylation is 1. The van der Waals surface area contributed by atoms with Crippen LogP contribution in [0.5, 0.6) is 5.75 Å². The lowest BCUT2D eigenvalue weighted by Crippen LogP contribution is -2.44. The van der Waals surface area contributed by atoms with Crippen molar-refractivity contribution in [3.63, 3.8) is 0 Å². The van der Waals surface area contributed by atoms with Crippen molar-refractivity contribution >= 4 is 26.3 Å². The maximum atomic E-state index is 13.1. The summed E-state index contributed by atoms with van der Waals surface area (Å²) in [7, 11) is -2.15. The van der Waals surface area contributed by atoms with Crippen molar-refractivity contribution < 1.29 is 18.8 Å². The van der Waals surface area contributed by atoms with E-state index in [2.05, 4.69) is 100.0 Å². The summed E-state index contributed by atoms with van der Waals surface area (Å²) in [4.78, 5) is 26.7. The molecule has 0 fully saturated rings. The summed E-state index contributed by atoms with van der Waals surface area (Å²) in [5.74, 6) is 0.838. The lowest BCUT2D eigenvalue weighted by Gasteiger charge is -2.40. The molecule has 0 spiro atoms. The third-order valence-electron chi connectivity index (χ3n) is 10.4. The fraction of sp³-hybridized carbons (Fsp3) is 0.395. The van der Waals surface area contributed by atoms with Gasteiger partial charge in [-0.05, 0) is 89.8 Å². The molecule has 1 unspecified atom stereocenters. The van der Waals surface area contributed by atoms with Crippen LogP contribution in [-0.4, -0.2) is 44.7 Å². The van der Waals surface area contributed by atoms with Crippen molar-refractivity contribution in [2.24, 2.45) is 0 Å². The normalized spacial score (nSPS) is 14.4. The van der Waals surface area contributed by atoms with Gasteiger partial charge in [0.05, 0.1) is 11.8 Å². The van der Waals surface area contributed by atoms with Crippen molar-refractivity contribution in [3.05, 3.63) is 130 Å². The highest BCUT2D eigenvalue weighted by Gasteiger charge is 2.39. The van der Waals surface area contributed by atoms with Crippen molar-refractivity contribution in [1.82, 2.24) is 10.2 Å². The number of benzene rings is 4. The number of nitrogens with one attached hydrogen (secondary N) is 2. The molecular formula is C43H55N3O4Si. The Balaban J connectivity index is 1.22. The number of fused-ring (bicyclic) bond motifs is 1. The van der Waals surface area contributed by atoms with E-state index in [-0.39, 0.29) is 23.1 Å². The Labute approximate surface area is 305 Å². The van der Waals surface area contributed by atoms with Crippen molar-refractivity contribution in [1.29, 1.82) is 0 Å². The lowest BCUT2D eigenvalue weighted by atomic mass is 9.98. The number of rotatable bonds is 16. The summed E-state index contributed by atoms with van der Waals surface area (Å²) in [6, 6.07) is 33.2. The number of anilines is 1. The topological polar surface area (TPSA) is 79.9 Å². The molecule has 0 aliphatic carbocycles. The van der Waals surface area contributed by atoms with Gasteiger partial charge in [0.1, 0.15) is 12.4 Å². The van der Waals surface area contributed by atoms with Gasteiger partial charge >= 0.3 is 0 Å². The van der Waals surface area contributed by atoms with E-state index in [0.717, 1.165) is 36.9 Å². The van der Waals surface area contributed by atoms with Gasteiger partial charge in [-0.25, -0.2) is 0 Å². The van der Waals surface area contributed by atoms with Crippen LogP contribution in [-0.2, 0) is 46.4 Å². The summed E-state index contributed by atoms with van der Waals surface area (Å²) < 4.78 is 13.1. The van der Waals surface area contributed by atoms with E-state index >= 15 is 0 Å². The molecule has 2 atom stereocenters. The molecule has 1 heterocycles. The number of ether oxygens (including phenoxy) is 1. The maximum absolute atomic E-state index is 13.1. The zero-order valence-corrected chi connectivity index (χ0v) is 32.2. The summed E-state index contributed by atoms with van der Waals surface area (Å²) in [5, 5.41) is 6.63. The van der Waals surface area contributed by atoms with E-state index in [1.54, 1.807) is 0 Å². The minimum absolute atomic E-state index is 0.0276. The Kier molecular flexibility index (Phi) is 12.9. The second-order valence-electron chi connectivity index (χ2n) is 15.3. The first-order valence-corrected chi connectivity index (χ1v) is 21.2. The van der Waals surface area contributed by atoms with Crippen LogP contribution in [0.25, 0.3) is 0 Å². The number of hydrogen-bond acceptors (Lipinski definition) is 5. The van der Waals surface area contributed by atoms with Gasteiger partial charge in [0.25, 0.3) is 0 Å². The SMILES string of the molecule is CC(Cc1cccc(CCC(=O)N2CCc3ccccc3C2)c1)NC[C@H](O[Si](C)(C)C(C)(C)C)c1ccc(OCc2ccccc2)c(NC=O)c1. The zero-order valence-electron chi connectivity index (χ0n) is 31.2. The molecular weight excluding hydrogens is 651 g/mol. The number of amides is 2. The minimum Gasteiger partial charge on any atom is -0.487 e. The van der Waals surface area contributed by atoms with E-state index in [0.29, 0.717) is 44.0 Å². The molecule has 4 aromatic carbocycles. The summed E-state index contributed by atoms with van der Waals surface area (Å²) in [6.07, 6.45) is 3.50. The molecule has 0 bridgehead atoms. The first-order chi connectivity index (χ1) is 24.4. The van der Waals surface area contributed by atoms with Crippen LogP contribution in [0.15, 0.2) is 97.1 Å².